The first-order valence-electron chi connectivity index (χ1n) is 12.5. The molecule has 1 saturated carbocycles. The lowest BCUT2D eigenvalue weighted by atomic mass is 9.76. The van der Waals surface area contributed by atoms with Gasteiger partial charge in [-0.05, 0) is 66.9 Å². The van der Waals surface area contributed by atoms with E-state index in [-0.39, 0.29) is 0 Å². The molecule has 1 aromatic heterocycles. The van der Waals surface area contributed by atoms with Gasteiger partial charge in [0.15, 0.2) is 0 Å². The maximum atomic E-state index is 15.1. The topological polar surface area (TPSA) is 62.7 Å². The average Bonchev–Trinajstić information content (AvgIpc) is 2.82. The SMILES string of the molecule is CCC(F)c1c(N)cncc1/C(=C/CC(CC)C1CCCCC1)c1cc(C#N)c(C)cc1C. The Labute approximate surface area is 198 Å². The molecule has 3 nitrogen and oxygen atoms in total. The van der Waals surface area contributed by atoms with E-state index in [1.807, 2.05) is 26.0 Å². The van der Waals surface area contributed by atoms with Crippen LogP contribution in [-0.2, 0) is 0 Å². The molecule has 3 rings (SSSR count). The Morgan fingerprint density at radius 3 is 2.48 bits per heavy atom. The van der Waals surface area contributed by atoms with Crippen LogP contribution >= 0.6 is 0 Å². The minimum Gasteiger partial charge on any atom is -0.397 e. The predicted octanol–water partition coefficient (Wildman–Crippen LogP) is 8.00. The highest BCUT2D eigenvalue weighted by atomic mass is 19.1. The molecule has 2 N–H and O–H groups in total. The van der Waals surface area contributed by atoms with E-state index in [4.69, 9.17) is 5.73 Å². The maximum Gasteiger partial charge on any atom is 0.128 e. The number of hydrogen-bond donors (Lipinski definition) is 1. The molecular weight excluding hydrogens is 409 g/mol. The van der Waals surface area contributed by atoms with Gasteiger partial charge in [0.05, 0.1) is 23.5 Å². The number of aryl methyl sites for hydroxylation is 2. The first-order valence-corrected chi connectivity index (χ1v) is 12.5. The van der Waals surface area contributed by atoms with Crippen LogP contribution in [0.1, 0.15) is 105 Å². The van der Waals surface area contributed by atoms with Crippen LogP contribution in [-0.4, -0.2) is 4.98 Å². The molecule has 2 atom stereocenters. The Morgan fingerprint density at radius 1 is 1.12 bits per heavy atom. The quantitative estimate of drug-likeness (QED) is 0.446. The van der Waals surface area contributed by atoms with Crippen LogP contribution in [0.2, 0.25) is 0 Å². The summed E-state index contributed by atoms with van der Waals surface area (Å²) < 4.78 is 15.1. The third-order valence-electron chi connectivity index (χ3n) is 7.43. The van der Waals surface area contributed by atoms with Crippen LogP contribution in [0.4, 0.5) is 10.1 Å². The van der Waals surface area contributed by atoms with E-state index in [2.05, 4.69) is 31.0 Å². The largest absolute Gasteiger partial charge is 0.397 e. The van der Waals surface area contributed by atoms with Crippen molar-refractivity contribution in [2.24, 2.45) is 11.8 Å². The summed E-state index contributed by atoms with van der Waals surface area (Å²) in [6, 6.07) is 6.31. The van der Waals surface area contributed by atoms with Crippen molar-refractivity contribution in [3.05, 3.63) is 64.0 Å². The number of alkyl halides is 1. The molecule has 2 aromatic rings. The summed E-state index contributed by atoms with van der Waals surface area (Å²) in [5.41, 5.74) is 12.5. The fraction of sp³-hybridized carbons (Fsp3) is 0.517. The average molecular weight is 448 g/mol. The molecule has 1 heterocycles. The molecule has 176 valence electrons. The van der Waals surface area contributed by atoms with Crippen molar-refractivity contribution in [3.63, 3.8) is 0 Å². The van der Waals surface area contributed by atoms with Gasteiger partial charge in [0.1, 0.15) is 6.17 Å². The van der Waals surface area contributed by atoms with Gasteiger partial charge in [-0.3, -0.25) is 4.98 Å². The zero-order valence-corrected chi connectivity index (χ0v) is 20.6. The summed E-state index contributed by atoms with van der Waals surface area (Å²) >= 11 is 0. The first-order chi connectivity index (χ1) is 15.9. The number of nitriles is 1. The number of pyridine rings is 1. The van der Waals surface area contributed by atoms with Crippen molar-refractivity contribution in [2.45, 2.75) is 85.2 Å². The predicted molar refractivity (Wildman–Crippen MR) is 135 cm³/mol. The zero-order chi connectivity index (χ0) is 24.0. The van der Waals surface area contributed by atoms with E-state index in [1.54, 1.807) is 6.20 Å². The highest BCUT2D eigenvalue weighted by molar-refractivity contribution is 5.85. The fourth-order valence-corrected chi connectivity index (χ4v) is 5.45. The van der Waals surface area contributed by atoms with Crippen molar-refractivity contribution in [3.8, 4) is 6.07 Å². The van der Waals surface area contributed by atoms with Crippen LogP contribution in [0, 0.1) is 37.0 Å². The molecule has 1 fully saturated rings. The van der Waals surface area contributed by atoms with Crippen LogP contribution in [0.3, 0.4) is 0 Å². The van der Waals surface area contributed by atoms with Gasteiger partial charge in [0.25, 0.3) is 0 Å². The lowest BCUT2D eigenvalue weighted by Crippen LogP contribution is -2.17. The van der Waals surface area contributed by atoms with E-state index in [0.717, 1.165) is 46.6 Å². The number of allylic oxidation sites excluding steroid dienone is 1. The molecule has 1 aliphatic rings. The highest BCUT2D eigenvalue weighted by Crippen LogP contribution is 2.39. The second kappa shape index (κ2) is 11.5. The summed E-state index contributed by atoms with van der Waals surface area (Å²) in [7, 11) is 0. The Morgan fingerprint density at radius 2 is 1.85 bits per heavy atom. The second-order valence-corrected chi connectivity index (χ2v) is 9.58. The molecule has 33 heavy (non-hydrogen) atoms. The number of nitrogen functional groups attached to an aromatic ring is 1. The zero-order valence-electron chi connectivity index (χ0n) is 20.6. The van der Waals surface area contributed by atoms with Gasteiger partial charge in [0.2, 0.25) is 0 Å². The minimum atomic E-state index is -1.16. The molecule has 0 amide bonds. The van der Waals surface area contributed by atoms with Crippen molar-refractivity contribution in [1.29, 1.82) is 5.26 Å². The van der Waals surface area contributed by atoms with E-state index < -0.39 is 6.17 Å². The summed E-state index contributed by atoms with van der Waals surface area (Å²) in [6.45, 7) is 8.12. The molecular formula is C29H38FN3. The normalized spacial score (nSPS) is 16.9. The Balaban J connectivity index is 2.15. The van der Waals surface area contributed by atoms with Crippen molar-refractivity contribution < 1.29 is 4.39 Å². The third kappa shape index (κ3) is 5.64. The summed E-state index contributed by atoms with van der Waals surface area (Å²) in [4.78, 5) is 4.34. The van der Waals surface area contributed by atoms with E-state index in [9.17, 15) is 5.26 Å². The van der Waals surface area contributed by atoms with Gasteiger partial charge < -0.3 is 5.73 Å². The summed E-state index contributed by atoms with van der Waals surface area (Å²) in [6.07, 6.45) is 13.4. The number of nitrogens with zero attached hydrogens (tertiary/aromatic N) is 2. The first kappa shape index (κ1) is 25.0. The summed E-state index contributed by atoms with van der Waals surface area (Å²) in [5.74, 6) is 1.35. The van der Waals surface area contributed by atoms with Crippen LogP contribution in [0.15, 0.2) is 30.6 Å². The van der Waals surface area contributed by atoms with E-state index >= 15 is 4.39 Å². The molecule has 2 unspecified atom stereocenters. The van der Waals surface area contributed by atoms with Crippen molar-refractivity contribution in [2.75, 3.05) is 5.73 Å². The van der Waals surface area contributed by atoms with Gasteiger partial charge in [-0.15, -0.1) is 0 Å². The minimum absolute atomic E-state index is 0.352. The Hall–Kier alpha value is -2.67. The van der Waals surface area contributed by atoms with Crippen LogP contribution < -0.4 is 5.73 Å². The standard InChI is InChI=1S/C29H38FN3/c1-5-21(22-10-8-7-9-11-22)12-13-24(25-15-23(16-31)19(3)14-20(25)4)26-17-33-18-28(32)29(26)27(30)6-2/h13-15,17-18,21-22,27H,5-12,32H2,1-4H3/b24-13+. The molecule has 0 saturated heterocycles. The lowest BCUT2D eigenvalue weighted by molar-refractivity contribution is 0.243. The Kier molecular flexibility index (Phi) is 8.67. The fourth-order valence-electron chi connectivity index (χ4n) is 5.45. The number of aromatic nitrogens is 1. The van der Waals surface area contributed by atoms with Crippen molar-refractivity contribution >= 4 is 11.3 Å². The monoisotopic (exact) mass is 447 g/mol. The molecule has 1 aromatic carbocycles. The number of benzene rings is 1. The third-order valence-corrected chi connectivity index (χ3v) is 7.43. The smallest absolute Gasteiger partial charge is 0.128 e. The number of halogens is 1. The number of rotatable bonds is 8. The lowest BCUT2D eigenvalue weighted by Gasteiger charge is -2.29. The Bertz CT molecular complexity index is 1030. The van der Waals surface area contributed by atoms with Gasteiger partial charge >= 0.3 is 0 Å². The summed E-state index contributed by atoms with van der Waals surface area (Å²) in [5, 5.41) is 9.68. The van der Waals surface area contributed by atoms with E-state index in [0.29, 0.717) is 29.2 Å². The van der Waals surface area contributed by atoms with Crippen LogP contribution in [0.5, 0.6) is 0 Å². The molecule has 0 spiro atoms. The van der Waals surface area contributed by atoms with Crippen molar-refractivity contribution in [1.82, 2.24) is 4.98 Å². The van der Waals surface area contributed by atoms with Gasteiger partial charge in [-0.1, -0.05) is 64.5 Å². The van der Waals surface area contributed by atoms with Gasteiger partial charge in [-0.25, -0.2) is 4.39 Å². The molecule has 0 radical (unpaired) electrons. The number of hydrogen-bond acceptors (Lipinski definition) is 3. The second-order valence-electron chi connectivity index (χ2n) is 9.58. The van der Waals surface area contributed by atoms with Gasteiger partial charge in [-0.2, -0.15) is 5.26 Å². The molecule has 0 bridgehead atoms. The maximum absolute atomic E-state index is 15.1. The molecule has 4 heteroatoms. The van der Waals surface area contributed by atoms with Gasteiger partial charge in [0, 0.05) is 17.3 Å². The molecule has 0 aliphatic heterocycles. The van der Waals surface area contributed by atoms with E-state index in [1.165, 1.54) is 38.3 Å². The highest BCUT2D eigenvalue weighted by Gasteiger charge is 2.24. The van der Waals surface area contributed by atoms with Crippen LogP contribution in [0.25, 0.3) is 5.57 Å². The number of anilines is 1. The molecule has 1 aliphatic carbocycles. The number of nitrogens with two attached hydrogens (primary N) is 1.